The van der Waals surface area contributed by atoms with Crippen molar-refractivity contribution in [3.8, 4) is 0 Å². The van der Waals surface area contributed by atoms with E-state index in [9.17, 15) is 19.0 Å². The van der Waals surface area contributed by atoms with E-state index in [4.69, 9.17) is 13.8 Å². The average molecular weight is 1120 g/mol. The third kappa shape index (κ3) is 58.6. The summed E-state index contributed by atoms with van der Waals surface area (Å²) < 4.78 is 30.8. The van der Waals surface area contributed by atoms with Crippen molar-refractivity contribution in [1.29, 1.82) is 0 Å². The minimum Gasteiger partial charge on any atom is -0.456 e. The number of nitrogens with one attached hydrogen (secondary N) is 1. The van der Waals surface area contributed by atoms with Crippen LogP contribution >= 0.6 is 7.82 Å². The molecule has 0 spiro atoms. The lowest BCUT2D eigenvalue weighted by molar-refractivity contribution is -0.870. The first kappa shape index (κ1) is 76.0. The number of carbonyl (C=O) groups excluding carboxylic acids is 2. The number of phosphoric ester groups is 1. The molecule has 2 N–H and O–H groups in total. The van der Waals surface area contributed by atoms with Crippen LogP contribution in [0.2, 0.25) is 0 Å². The minimum absolute atomic E-state index is 0.0404. The Morgan fingerprint density at radius 3 is 1.19 bits per heavy atom. The Hall–Kier alpha value is -2.03. The lowest BCUT2D eigenvalue weighted by atomic mass is 10.0. The van der Waals surface area contributed by atoms with Crippen LogP contribution < -0.4 is 5.32 Å². The van der Waals surface area contributed by atoms with Crippen LogP contribution in [-0.2, 0) is 27.9 Å². The number of carbonyl (C=O) groups is 2. The SMILES string of the molecule is CCCCC/C=C\C/C=C\CCCCCCCCCCCCCCCC(=O)NC(COP(=O)(O)OCC[N+](C)(C)C)C(/C=C\CCCCCCCCCCCC)OC(=O)CCCCCCCCC/C=C/CCCCCCCC. The minimum atomic E-state index is -4.45. The van der Waals surface area contributed by atoms with Crippen molar-refractivity contribution in [3.05, 3.63) is 48.6 Å². The normalized spacial score (nSPS) is 13.9. The highest BCUT2D eigenvalue weighted by Gasteiger charge is 2.30. The van der Waals surface area contributed by atoms with Crippen LogP contribution in [0.15, 0.2) is 48.6 Å². The number of hydrogen-bond donors (Lipinski definition) is 2. The van der Waals surface area contributed by atoms with Gasteiger partial charge in [-0.05, 0) is 89.5 Å². The predicted molar refractivity (Wildman–Crippen MR) is 337 cm³/mol. The summed E-state index contributed by atoms with van der Waals surface area (Å²) in [5.74, 6) is -0.499. The molecule has 0 fully saturated rings. The van der Waals surface area contributed by atoms with Crippen LogP contribution in [0.25, 0.3) is 0 Å². The number of esters is 1. The van der Waals surface area contributed by atoms with E-state index in [-0.39, 0.29) is 31.5 Å². The number of ether oxygens (including phenoxy) is 1. The summed E-state index contributed by atoms with van der Waals surface area (Å²) >= 11 is 0. The second-order valence-corrected chi connectivity index (χ2v) is 25.4. The molecule has 0 radical (unpaired) electrons. The molecule has 78 heavy (non-hydrogen) atoms. The van der Waals surface area contributed by atoms with Gasteiger partial charge in [-0.15, -0.1) is 0 Å². The summed E-state index contributed by atoms with van der Waals surface area (Å²) in [6.45, 7) is 7.02. The van der Waals surface area contributed by atoms with Gasteiger partial charge in [-0.3, -0.25) is 18.6 Å². The number of rotatable bonds is 61. The third-order valence-corrected chi connectivity index (χ3v) is 16.0. The van der Waals surface area contributed by atoms with Crippen LogP contribution in [0.4, 0.5) is 0 Å². The van der Waals surface area contributed by atoms with E-state index in [1.165, 1.54) is 225 Å². The highest BCUT2D eigenvalue weighted by Crippen LogP contribution is 2.43. The quantitative estimate of drug-likeness (QED) is 0.0205. The summed E-state index contributed by atoms with van der Waals surface area (Å²) in [6.07, 6.45) is 72.5. The van der Waals surface area contributed by atoms with Gasteiger partial charge in [0.2, 0.25) is 5.91 Å². The Bertz CT molecular complexity index is 1470. The number of hydrogen-bond acceptors (Lipinski definition) is 6. The smallest absolute Gasteiger partial charge is 0.456 e. The first-order chi connectivity index (χ1) is 37.9. The second-order valence-electron chi connectivity index (χ2n) is 24.0. The molecule has 10 heteroatoms. The summed E-state index contributed by atoms with van der Waals surface area (Å²) in [6, 6.07) is -0.849. The molecule has 0 bridgehead atoms. The fourth-order valence-corrected chi connectivity index (χ4v) is 10.5. The van der Waals surface area contributed by atoms with Crippen LogP contribution in [-0.4, -0.2) is 74.3 Å². The molecule has 0 rings (SSSR count). The van der Waals surface area contributed by atoms with Crippen molar-refractivity contribution >= 4 is 19.7 Å². The number of amides is 1. The molecule has 0 heterocycles. The molecule has 0 saturated heterocycles. The molecule has 0 aliphatic rings. The topological polar surface area (TPSA) is 111 Å². The molecule has 9 nitrogen and oxygen atoms in total. The number of quaternary nitrogens is 1. The van der Waals surface area contributed by atoms with Crippen LogP contribution in [0, 0.1) is 0 Å². The van der Waals surface area contributed by atoms with Gasteiger partial charge < -0.3 is 19.4 Å². The van der Waals surface area contributed by atoms with Gasteiger partial charge in [0.1, 0.15) is 19.3 Å². The number of phosphoric acid groups is 1. The van der Waals surface area contributed by atoms with Gasteiger partial charge in [-0.2, -0.15) is 0 Å². The zero-order chi connectivity index (χ0) is 57.2. The maximum atomic E-state index is 13.6. The number of likely N-dealkylation sites (N-methyl/N-ethyl adjacent to an activating group) is 1. The third-order valence-electron chi connectivity index (χ3n) is 15.0. The molecule has 1 amide bonds. The molecular weight excluding hydrogens is 988 g/mol. The van der Waals surface area contributed by atoms with E-state index in [2.05, 4.69) is 62.5 Å². The van der Waals surface area contributed by atoms with Gasteiger partial charge in [-0.25, -0.2) is 4.57 Å². The average Bonchev–Trinajstić information content (AvgIpc) is 3.40. The van der Waals surface area contributed by atoms with Crippen LogP contribution in [0.5, 0.6) is 0 Å². The summed E-state index contributed by atoms with van der Waals surface area (Å²) in [5.41, 5.74) is 0. The maximum Gasteiger partial charge on any atom is 0.472 e. The van der Waals surface area contributed by atoms with Crippen molar-refractivity contribution < 1.29 is 37.3 Å². The van der Waals surface area contributed by atoms with E-state index in [1.54, 1.807) is 0 Å². The number of allylic oxidation sites excluding steroid dienone is 7. The van der Waals surface area contributed by atoms with Gasteiger partial charge in [-0.1, -0.05) is 269 Å². The predicted octanol–water partition coefficient (Wildman–Crippen LogP) is 20.8. The molecule has 458 valence electrons. The van der Waals surface area contributed by atoms with Crippen molar-refractivity contribution in [3.63, 3.8) is 0 Å². The Balaban J connectivity index is 5.13. The molecule has 0 aromatic rings. The molecular formula is C68H130N2O7P+. The van der Waals surface area contributed by atoms with Gasteiger partial charge in [0.15, 0.2) is 0 Å². The zero-order valence-electron chi connectivity index (χ0n) is 52.4. The number of nitrogens with zero attached hydrogens (tertiary/aromatic N) is 1. The fourth-order valence-electron chi connectivity index (χ4n) is 9.79. The first-order valence-corrected chi connectivity index (χ1v) is 35.0. The Morgan fingerprint density at radius 1 is 0.449 bits per heavy atom. The molecule has 0 aromatic carbocycles. The monoisotopic (exact) mass is 1120 g/mol. The molecule has 0 aliphatic heterocycles. The maximum absolute atomic E-state index is 13.6. The Morgan fingerprint density at radius 2 is 0.782 bits per heavy atom. The first-order valence-electron chi connectivity index (χ1n) is 33.5. The molecule has 0 saturated carbocycles. The van der Waals surface area contributed by atoms with E-state index in [1.807, 2.05) is 33.3 Å². The summed E-state index contributed by atoms with van der Waals surface area (Å²) in [7, 11) is 1.50. The van der Waals surface area contributed by atoms with E-state index in [0.717, 1.165) is 64.2 Å². The lowest BCUT2D eigenvalue weighted by Gasteiger charge is -2.27. The Labute approximate surface area is 484 Å². The van der Waals surface area contributed by atoms with Crippen molar-refractivity contribution in [1.82, 2.24) is 5.32 Å². The second kappa shape index (κ2) is 58.2. The van der Waals surface area contributed by atoms with Crippen LogP contribution in [0.3, 0.4) is 0 Å². The highest BCUT2D eigenvalue weighted by atomic mass is 31.2. The Kier molecular flexibility index (Phi) is 56.7. The number of unbranched alkanes of at least 4 members (excludes halogenated alkanes) is 39. The van der Waals surface area contributed by atoms with E-state index >= 15 is 0 Å². The van der Waals surface area contributed by atoms with E-state index < -0.39 is 20.0 Å². The fraction of sp³-hybridized carbons (Fsp3) is 0.853. The molecule has 0 aliphatic carbocycles. The van der Waals surface area contributed by atoms with Crippen molar-refractivity contribution in [2.45, 2.75) is 335 Å². The standard InChI is InChI=1S/C68H129N2O7P/c1-7-10-13-16-19-22-25-28-30-32-33-34-35-36-37-39-40-42-45-48-51-54-57-60-67(71)69-65(64-76-78(73,74)75-63-62-70(4,5)6)66(59-56-53-50-47-44-27-24-21-18-15-12-9-3)77-68(72)61-58-55-52-49-46-43-41-38-31-29-26-23-20-17-14-11-8-2/h19,22,28-31,56,59,65-66H,7-18,20-21,23-27,32-55,57-58,60-64H2,1-6H3,(H-,69,71,73,74)/p+1/b22-19-,30-28-,31-29+,59-56-. The van der Waals surface area contributed by atoms with Gasteiger partial charge in [0.25, 0.3) is 0 Å². The zero-order valence-corrected chi connectivity index (χ0v) is 53.3. The highest BCUT2D eigenvalue weighted by molar-refractivity contribution is 7.47. The van der Waals surface area contributed by atoms with Gasteiger partial charge in [0.05, 0.1) is 33.8 Å². The summed E-state index contributed by atoms with van der Waals surface area (Å²) in [4.78, 5) is 37.8. The van der Waals surface area contributed by atoms with Crippen LogP contribution in [0.1, 0.15) is 323 Å². The largest absolute Gasteiger partial charge is 0.472 e. The van der Waals surface area contributed by atoms with Crippen molar-refractivity contribution in [2.75, 3.05) is 40.9 Å². The van der Waals surface area contributed by atoms with Gasteiger partial charge >= 0.3 is 13.8 Å². The molecule has 3 unspecified atom stereocenters. The van der Waals surface area contributed by atoms with Gasteiger partial charge in [0, 0.05) is 12.8 Å². The lowest BCUT2D eigenvalue weighted by Crippen LogP contribution is -2.47. The van der Waals surface area contributed by atoms with E-state index in [0.29, 0.717) is 17.4 Å². The molecule has 3 atom stereocenters. The molecule has 0 aromatic heterocycles. The summed E-state index contributed by atoms with van der Waals surface area (Å²) in [5, 5.41) is 3.07. The van der Waals surface area contributed by atoms with Crippen molar-refractivity contribution in [2.24, 2.45) is 0 Å².